The van der Waals surface area contributed by atoms with Crippen molar-refractivity contribution in [3.63, 3.8) is 0 Å². The number of hydrogen-bond acceptors (Lipinski definition) is 4. The number of nitrogens with one attached hydrogen (secondary N) is 1. The molecule has 0 amide bonds. The quantitative estimate of drug-likeness (QED) is 0.827. The van der Waals surface area contributed by atoms with Crippen LogP contribution in [-0.4, -0.2) is 33.1 Å². The molecule has 4 nitrogen and oxygen atoms in total. The summed E-state index contributed by atoms with van der Waals surface area (Å²) in [5, 5.41) is 3.51. The zero-order valence-corrected chi connectivity index (χ0v) is 11.6. The lowest BCUT2D eigenvalue weighted by atomic mass is 9.96. The van der Waals surface area contributed by atoms with E-state index in [9.17, 15) is 4.79 Å². The average molecular weight is 263 g/mol. The predicted molar refractivity (Wildman–Crippen MR) is 74.3 cm³/mol. The van der Waals surface area contributed by atoms with Crippen LogP contribution in [0.3, 0.4) is 0 Å². The van der Waals surface area contributed by atoms with Crippen LogP contribution in [0.5, 0.6) is 11.5 Å². The molecule has 0 radical (unpaired) electrons. The third kappa shape index (κ3) is 3.26. The highest BCUT2D eigenvalue weighted by Crippen LogP contribution is 2.33. The van der Waals surface area contributed by atoms with Crippen LogP contribution in [0, 0.1) is 0 Å². The molecule has 1 fully saturated rings. The highest BCUT2D eigenvalue weighted by atomic mass is 16.5. The van der Waals surface area contributed by atoms with Gasteiger partial charge in [-0.3, -0.25) is 4.79 Å². The Morgan fingerprint density at radius 1 is 1.32 bits per heavy atom. The standard InChI is InChI=1S/C15H21NO3/c1-18-14-8-11(10-17)7-12(15(14)19-2)9-13-5-3-4-6-16-13/h7-8,10,13,16H,3-6,9H2,1-2H3. The van der Waals surface area contributed by atoms with Gasteiger partial charge in [0.25, 0.3) is 0 Å². The zero-order valence-electron chi connectivity index (χ0n) is 11.6. The maximum absolute atomic E-state index is 11.0. The van der Waals surface area contributed by atoms with Gasteiger partial charge in [0.1, 0.15) is 6.29 Å². The van der Waals surface area contributed by atoms with Gasteiger partial charge in [0.05, 0.1) is 14.2 Å². The Morgan fingerprint density at radius 2 is 2.16 bits per heavy atom. The first kappa shape index (κ1) is 13.9. The van der Waals surface area contributed by atoms with Crippen molar-refractivity contribution < 1.29 is 14.3 Å². The lowest BCUT2D eigenvalue weighted by Gasteiger charge is -2.24. The number of ether oxygens (including phenoxy) is 2. The van der Waals surface area contributed by atoms with E-state index in [1.807, 2.05) is 6.07 Å². The Hall–Kier alpha value is -1.55. The molecule has 4 heteroatoms. The molecule has 1 aromatic carbocycles. The van der Waals surface area contributed by atoms with Gasteiger partial charge in [0.2, 0.25) is 0 Å². The van der Waals surface area contributed by atoms with Crippen molar-refractivity contribution in [2.24, 2.45) is 0 Å². The molecule has 1 N–H and O–H groups in total. The van der Waals surface area contributed by atoms with Gasteiger partial charge in [-0.25, -0.2) is 0 Å². The van der Waals surface area contributed by atoms with Gasteiger partial charge in [-0.2, -0.15) is 0 Å². The first-order chi connectivity index (χ1) is 9.28. The maximum Gasteiger partial charge on any atom is 0.163 e. The fraction of sp³-hybridized carbons (Fsp3) is 0.533. The van der Waals surface area contributed by atoms with E-state index >= 15 is 0 Å². The van der Waals surface area contributed by atoms with Crippen molar-refractivity contribution in [2.45, 2.75) is 31.7 Å². The van der Waals surface area contributed by atoms with E-state index in [4.69, 9.17) is 9.47 Å². The van der Waals surface area contributed by atoms with Crippen molar-refractivity contribution >= 4 is 6.29 Å². The third-order valence-electron chi connectivity index (χ3n) is 3.59. The molecule has 0 bridgehead atoms. The number of piperidine rings is 1. The molecule has 0 spiro atoms. The van der Waals surface area contributed by atoms with E-state index in [-0.39, 0.29) is 0 Å². The van der Waals surface area contributed by atoms with E-state index in [2.05, 4.69) is 5.32 Å². The first-order valence-electron chi connectivity index (χ1n) is 6.72. The SMILES string of the molecule is COc1cc(C=O)cc(CC2CCCCN2)c1OC. The summed E-state index contributed by atoms with van der Waals surface area (Å²) in [4.78, 5) is 11.0. The molecule has 1 atom stereocenters. The number of benzene rings is 1. The van der Waals surface area contributed by atoms with Crippen molar-refractivity contribution in [2.75, 3.05) is 20.8 Å². The van der Waals surface area contributed by atoms with Crippen LogP contribution < -0.4 is 14.8 Å². The molecule has 0 aliphatic carbocycles. The molecular weight excluding hydrogens is 242 g/mol. The minimum Gasteiger partial charge on any atom is -0.493 e. The molecule has 104 valence electrons. The van der Waals surface area contributed by atoms with E-state index in [1.54, 1.807) is 20.3 Å². The summed E-state index contributed by atoms with van der Waals surface area (Å²) in [5.74, 6) is 1.36. The van der Waals surface area contributed by atoms with E-state index in [1.165, 1.54) is 12.8 Å². The molecule has 1 aliphatic heterocycles. The Kier molecular flexibility index (Phi) is 4.80. The molecule has 1 aliphatic rings. The van der Waals surface area contributed by atoms with Gasteiger partial charge in [-0.1, -0.05) is 6.42 Å². The lowest BCUT2D eigenvalue weighted by Crippen LogP contribution is -2.35. The van der Waals surface area contributed by atoms with Gasteiger partial charge >= 0.3 is 0 Å². The topological polar surface area (TPSA) is 47.6 Å². The third-order valence-corrected chi connectivity index (χ3v) is 3.59. The fourth-order valence-corrected chi connectivity index (χ4v) is 2.65. The van der Waals surface area contributed by atoms with E-state index in [0.29, 0.717) is 17.4 Å². The van der Waals surface area contributed by atoms with Crippen molar-refractivity contribution in [3.05, 3.63) is 23.3 Å². The second-order valence-electron chi connectivity index (χ2n) is 4.88. The Bertz CT molecular complexity index is 439. The van der Waals surface area contributed by atoms with Gasteiger partial charge in [0.15, 0.2) is 11.5 Å². The predicted octanol–water partition coefficient (Wildman–Crippen LogP) is 2.20. The maximum atomic E-state index is 11.0. The van der Waals surface area contributed by atoms with E-state index < -0.39 is 0 Å². The summed E-state index contributed by atoms with van der Waals surface area (Å²) >= 11 is 0. The smallest absolute Gasteiger partial charge is 0.163 e. The number of hydrogen-bond donors (Lipinski definition) is 1. The van der Waals surface area contributed by atoms with Crippen LogP contribution in [0.25, 0.3) is 0 Å². The summed E-state index contributed by atoms with van der Waals surface area (Å²) in [6.07, 6.45) is 5.37. The summed E-state index contributed by atoms with van der Waals surface area (Å²) in [5.41, 5.74) is 1.66. The number of aldehydes is 1. The highest BCUT2D eigenvalue weighted by Gasteiger charge is 2.18. The molecule has 1 unspecified atom stereocenters. The van der Waals surface area contributed by atoms with Gasteiger partial charge in [-0.05, 0) is 37.9 Å². The Balaban J connectivity index is 2.27. The van der Waals surface area contributed by atoms with Crippen LogP contribution in [-0.2, 0) is 6.42 Å². The van der Waals surface area contributed by atoms with Crippen molar-refractivity contribution in [1.29, 1.82) is 0 Å². The summed E-state index contributed by atoms with van der Waals surface area (Å²) in [6, 6.07) is 4.06. The van der Waals surface area contributed by atoms with Gasteiger partial charge < -0.3 is 14.8 Å². The summed E-state index contributed by atoms with van der Waals surface area (Å²) < 4.78 is 10.7. The van der Waals surface area contributed by atoms with Crippen molar-refractivity contribution in [1.82, 2.24) is 5.32 Å². The van der Waals surface area contributed by atoms with Gasteiger partial charge in [0, 0.05) is 17.2 Å². The molecule has 1 heterocycles. The van der Waals surface area contributed by atoms with Crippen LogP contribution in [0.4, 0.5) is 0 Å². The molecule has 1 saturated heterocycles. The molecule has 1 aromatic rings. The minimum absolute atomic E-state index is 0.453. The molecular formula is C15H21NO3. The van der Waals surface area contributed by atoms with Gasteiger partial charge in [-0.15, -0.1) is 0 Å². The zero-order chi connectivity index (χ0) is 13.7. The summed E-state index contributed by atoms with van der Waals surface area (Å²) in [6.45, 7) is 1.07. The molecule has 0 aromatic heterocycles. The minimum atomic E-state index is 0.453. The molecule has 2 rings (SSSR count). The number of rotatable bonds is 5. The second-order valence-corrected chi connectivity index (χ2v) is 4.88. The van der Waals surface area contributed by atoms with Crippen LogP contribution in [0.1, 0.15) is 35.2 Å². The molecule has 19 heavy (non-hydrogen) atoms. The highest BCUT2D eigenvalue weighted by molar-refractivity contribution is 5.77. The van der Waals surface area contributed by atoms with Crippen LogP contribution in [0.15, 0.2) is 12.1 Å². The summed E-state index contributed by atoms with van der Waals surface area (Å²) in [7, 11) is 3.23. The lowest BCUT2D eigenvalue weighted by molar-refractivity contribution is 0.112. The van der Waals surface area contributed by atoms with Crippen LogP contribution in [0.2, 0.25) is 0 Å². The van der Waals surface area contributed by atoms with Crippen LogP contribution >= 0.6 is 0 Å². The monoisotopic (exact) mass is 263 g/mol. The fourth-order valence-electron chi connectivity index (χ4n) is 2.65. The largest absolute Gasteiger partial charge is 0.493 e. The average Bonchev–Trinajstić information content (AvgIpc) is 2.47. The normalized spacial score (nSPS) is 18.9. The van der Waals surface area contributed by atoms with E-state index in [0.717, 1.165) is 37.0 Å². The number of carbonyl (C=O) groups excluding carboxylic acids is 1. The Labute approximate surface area is 114 Å². The number of carbonyl (C=O) groups is 1. The molecule has 0 saturated carbocycles. The second kappa shape index (κ2) is 6.57. The first-order valence-corrected chi connectivity index (χ1v) is 6.72. The number of methoxy groups -OCH3 is 2. The van der Waals surface area contributed by atoms with Crippen molar-refractivity contribution in [3.8, 4) is 11.5 Å². The Morgan fingerprint density at radius 3 is 2.74 bits per heavy atom.